The number of halogens is 1. The Kier molecular flexibility index (Phi) is 3.30. The third kappa shape index (κ3) is 2.02. The Bertz CT molecular complexity index is 298. The third-order valence-electron chi connectivity index (χ3n) is 1.90. The Hall–Kier alpha value is -0.580. The van der Waals surface area contributed by atoms with Crippen LogP contribution in [-0.4, -0.2) is 28.5 Å². The zero-order valence-electron chi connectivity index (χ0n) is 8.00. The van der Waals surface area contributed by atoms with Crippen LogP contribution in [-0.2, 0) is 7.05 Å². The number of aliphatic hydroxyl groups is 1. The highest BCUT2D eigenvalue weighted by Crippen LogP contribution is 2.24. The lowest BCUT2D eigenvalue weighted by Crippen LogP contribution is -2.19. The van der Waals surface area contributed by atoms with E-state index in [1.807, 2.05) is 6.92 Å². The molecule has 1 unspecified atom stereocenters. The first-order valence-electron chi connectivity index (χ1n) is 4.09. The summed E-state index contributed by atoms with van der Waals surface area (Å²) in [5, 5.41) is 17.2. The summed E-state index contributed by atoms with van der Waals surface area (Å²) in [5.41, 5.74) is 1.41. The maximum atomic E-state index is 9.69. The molecule has 4 nitrogen and oxygen atoms in total. The van der Waals surface area contributed by atoms with E-state index < -0.39 is 6.10 Å². The Morgan fingerprint density at radius 3 is 2.69 bits per heavy atom. The fourth-order valence-electron chi connectivity index (χ4n) is 1.30. The summed E-state index contributed by atoms with van der Waals surface area (Å²) in [7, 11) is 3.55. The fraction of sp³-hybridized carbons (Fsp3) is 0.625. The lowest BCUT2D eigenvalue weighted by molar-refractivity contribution is 0.168. The molecular formula is C8H14ClN3O. The Morgan fingerprint density at radius 1 is 1.69 bits per heavy atom. The van der Waals surface area contributed by atoms with Crippen LogP contribution in [0.5, 0.6) is 0 Å². The number of hydrogen-bond donors (Lipinski definition) is 2. The van der Waals surface area contributed by atoms with Crippen molar-refractivity contribution < 1.29 is 5.11 Å². The summed E-state index contributed by atoms with van der Waals surface area (Å²) < 4.78 is 1.61. The van der Waals surface area contributed by atoms with Gasteiger partial charge < -0.3 is 10.4 Å². The van der Waals surface area contributed by atoms with Crippen LogP contribution in [0.1, 0.15) is 17.5 Å². The summed E-state index contributed by atoms with van der Waals surface area (Å²) in [6.07, 6.45) is -0.608. The van der Waals surface area contributed by atoms with Crippen LogP contribution in [0, 0.1) is 6.92 Å². The largest absolute Gasteiger partial charge is 0.385 e. The molecule has 1 aromatic rings. The minimum Gasteiger partial charge on any atom is -0.385 e. The summed E-state index contributed by atoms with van der Waals surface area (Å²) in [6.45, 7) is 2.29. The quantitative estimate of drug-likeness (QED) is 0.758. The van der Waals surface area contributed by atoms with Crippen molar-refractivity contribution in [3.05, 3.63) is 16.4 Å². The van der Waals surface area contributed by atoms with E-state index in [0.29, 0.717) is 17.3 Å². The summed E-state index contributed by atoms with van der Waals surface area (Å²) in [6, 6.07) is 0. The molecule has 0 saturated heterocycles. The van der Waals surface area contributed by atoms with Crippen LogP contribution in [0.4, 0.5) is 0 Å². The van der Waals surface area contributed by atoms with Gasteiger partial charge in [0.2, 0.25) is 0 Å². The molecule has 2 N–H and O–H groups in total. The number of nitrogens with one attached hydrogen (secondary N) is 1. The minimum atomic E-state index is -0.608. The molecule has 0 aliphatic rings. The lowest BCUT2D eigenvalue weighted by atomic mass is 10.2. The Balaban J connectivity index is 2.98. The van der Waals surface area contributed by atoms with Crippen molar-refractivity contribution in [3.63, 3.8) is 0 Å². The van der Waals surface area contributed by atoms with Gasteiger partial charge in [-0.05, 0) is 14.0 Å². The topological polar surface area (TPSA) is 50.1 Å². The van der Waals surface area contributed by atoms with E-state index in [-0.39, 0.29) is 0 Å². The van der Waals surface area contributed by atoms with Crippen LogP contribution in [0.15, 0.2) is 0 Å². The second-order valence-electron chi connectivity index (χ2n) is 2.98. The number of hydrogen-bond acceptors (Lipinski definition) is 3. The van der Waals surface area contributed by atoms with Crippen molar-refractivity contribution in [1.82, 2.24) is 15.1 Å². The van der Waals surface area contributed by atoms with Crippen molar-refractivity contribution in [1.29, 1.82) is 0 Å². The van der Waals surface area contributed by atoms with E-state index in [1.165, 1.54) is 0 Å². The van der Waals surface area contributed by atoms with Gasteiger partial charge in [-0.1, -0.05) is 11.6 Å². The molecule has 5 heteroatoms. The van der Waals surface area contributed by atoms with Crippen LogP contribution in [0.25, 0.3) is 0 Å². The number of aliphatic hydroxyl groups excluding tert-OH is 1. The summed E-state index contributed by atoms with van der Waals surface area (Å²) in [4.78, 5) is 0. The van der Waals surface area contributed by atoms with Crippen molar-refractivity contribution >= 4 is 11.6 Å². The van der Waals surface area contributed by atoms with Gasteiger partial charge in [-0.25, -0.2) is 0 Å². The van der Waals surface area contributed by atoms with Gasteiger partial charge in [0.15, 0.2) is 0 Å². The molecule has 1 rings (SSSR count). The number of aryl methyl sites for hydroxylation is 2. The second kappa shape index (κ2) is 4.09. The molecule has 0 radical (unpaired) electrons. The van der Waals surface area contributed by atoms with Gasteiger partial charge in [0, 0.05) is 13.6 Å². The van der Waals surface area contributed by atoms with E-state index >= 15 is 0 Å². The van der Waals surface area contributed by atoms with Gasteiger partial charge in [-0.3, -0.25) is 4.68 Å². The fourth-order valence-corrected chi connectivity index (χ4v) is 1.59. The Morgan fingerprint density at radius 2 is 2.31 bits per heavy atom. The minimum absolute atomic E-state index is 0.471. The SMILES string of the molecule is CNCC(O)c1c(Cl)c(C)nn1C. The highest BCUT2D eigenvalue weighted by molar-refractivity contribution is 6.31. The van der Waals surface area contributed by atoms with Crippen LogP contribution < -0.4 is 5.32 Å². The molecule has 0 bridgehead atoms. The molecular weight excluding hydrogens is 190 g/mol. The van der Waals surface area contributed by atoms with Gasteiger partial charge in [-0.2, -0.15) is 5.10 Å². The van der Waals surface area contributed by atoms with Crippen molar-refractivity contribution in [2.75, 3.05) is 13.6 Å². The summed E-state index contributed by atoms with van der Waals surface area (Å²) in [5.74, 6) is 0. The molecule has 0 aliphatic heterocycles. The standard InChI is InChI=1S/C8H14ClN3O/c1-5-7(9)8(12(3)11-5)6(13)4-10-2/h6,10,13H,4H2,1-3H3. The molecule has 1 aromatic heterocycles. The number of aromatic nitrogens is 2. The molecule has 0 saturated carbocycles. The van der Waals surface area contributed by atoms with Crippen LogP contribution in [0.2, 0.25) is 5.02 Å². The van der Waals surface area contributed by atoms with Gasteiger partial charge in [-0.15, -0.1) is 0 Å². The maximum Gasteiger partial charge on any atom is 0.109 e. The highest BCUT2D eigenvalue weighted by Gasteiger charge is 2.17. The van der Waals surface area contributed by atoms with Crippen molar-refractivity contribution in [2.24, 2.45) is 7.05 Å². The van der Waals surface area contributed by atoms with E-state index in [2.05, 4.69) is 10.4 Å². The second-order valence-corrected chi connectivity index (χ2v) is 3.36. The van der Waals surface area contributed by atoms with Gasteiger partial charge in [0.1, 0.15) is 6.10 Å². The first kappa shape index (κ1) is 10.5. The van der Waals surface area contributed by atoms with Gasteiger partial charge >= 0.3 is 0 Å². The molecule has 0 amide bonds. The Labute approximate surface area is 82.5 Å². The summed E-state index contributed by atoms with van der Waals surface area (Å²) >= 11 is 5.97. The predicted molar refractivity (Wildman–Crippen MR) is 51.8 cm³/mol. The zero-order chi connectivity index (χ0) is 10.0. The molecule has 1 atom stereocenters. The average Bonchev–Trinajstić information content (AvgIpc) is 2.27. The number of likely N-dealkylation sites (N-methyl/N-ethyl adjacent to an activating group) is 1. The zero-order valence-corrected chi connectivity index (χ0v) is 8.76. The van der Waals surface area contributed by atoms with E-state index in [1.54, 1.807) is 18.8 Å². The molecule has 74 valence electrons. The molecule has 0 aliphatic carbocycles. The highest BCUT2D eigenvalue weighted by atomic mass is 35.5. The van der Waals surface area contributed by atoms with Crippen molar-refractivity contribution in [2.45, 2.75) is 13.0 Å². The monoisotopic (exact) mass is 203 g/mol. The smallest absolute Gasteiger partial charge is 0.109 e. The van der Waals surface area contributed by atoms with E-state index in [9.17, 15) is 5.11 Å². The van der Waals surface area contributed by atoms with Gasteiger partial charge in [0.25, 0.3) is 0 Å². The molecule has 0 spiro atoms. The van der Waals surface area contributed by atoms with E-state index in [4.69, 9.17) is 11.6 Å². The average molecular weight is 204 g/mol. The molecule has 1 heterocycles. The first-order valence-corrected chi connectivity index (χ1v) is 4.47. The molecule has 0 aromatic carbocycles. The normalized spacial score (nSPS) is 13.3. The molecule has 0 fully saturated rings. The number of rotatable bonds is 3. The van der Waals surface area contributed by atoms with E-state index in [0.717, 1.165) is 5.69 Å². The molecule has 13 heavy (non-hydrogen) atoms. The van der Waals surface area contributed by atoms with Crippen LogP contribution in [0.3, 0.4) is 0 Å². The maximum absolute atomic E-state index is 9.69. The lowest BCUT2D eigenvalue weighted by Gasteiger charge is -2.10. The van der Waals surface area contributed by atoms with Gasteiger partial charge in [0.05, 0.1) is 16.4 Å². The van der Waals surface area contributed by atoms with Crippen molar-refractivity contribution in [3.8, 4) is 0 Å². The number of nitrogens with zero attached hydrogens (tertiary/aromatic N) is 2. The predicted octanol–water partition coefficient (Wildman–Crippen LogP) is 0.635. The third-order valence-corrected chi connectivity index (χ3v) is 2.37. The first-order chi connectivity index (χ1) is 6.07. The van der Waals surface area contributed by atoms with Crippen LogP contribution >= 0.6 is 11.6 Å².